The highest BCUT2D eigenvalue weighted by molar-refractivity contribution is 5.28. The molecule has 1 N–H and O–H groups in total. The molecule has 0 aliphatic heterocycles. The molecule has 1 heteroatoms. The summed E-state index contributed by atoms with van der Waals surface area (Å²) in [6, 6.07) is 19.5. The third kappa shape index (κ3) is 4.18. The second-order valence-electron chi connectivity index (χ2n) is 6.29. The van der Waals surface area contributed by atoms with E-state index in [-0.39, 0.29) is 12.5 Å². The first-order valence-electron chi connectivity index (χ1n) is 7.86. The Morgan fingerprint density at radius 3 is 1.95 bits per heavy atom. The molecular formula is C20H26O. The zero-order valence-corrected chi connectivity index (χ0v) is 13.3. The van der Waals surface area contributed by atoms with Gasteiger partial charge in [0.05, 0.1) is 0 Å². The maximum atomic E-state index is 9.22. The molecule has 0 aromatic heterocycles. The van der Waals surface area contributed by atoms with Crippen LogP contribution in [0.1, 0.15) is 49.3 Å². The Kier molecular flexibility index (Phi) is 5.58. The van der Waals surface area contributed by atoms with Gasteiger partial charge in [0.15, 0.2) is 0 Å². The van der Waals surface area contributed by atoms with Gasteiger partial charge in [-0.1, -0.05) is 75.4 Å². The number of benzene rings is 2. The minimum Gasteiger partial charge on any atom is -0.396 e. The summed E-state index contributed by atoms with van der Waals surface area (Å²) in [4.78, 5) is 0. The van der Waals surface area contributed by atoms with Gasteiger partial charge < -0.3 is 5.11 Å². The Balaban J connectivity index is 2.14. The Hall–Kier alpha value is -1.60. The highest BCUT2D eigenvalue weighted by Crippen LogP contribution is 2.28. The van der Waals surface area contributed by atoms with Gasteiger partial charge >= 0.3 is 0 Å². The molecule has 2 aromatic carbocycles. The van der Waals surface area contributed by atoms with Crippen molar-refractivity contribution in [2.75, 3.05) is 6.61 Å². The zero-order chi connectivity index (χ0) is 15.2. The summed E-state index contributed by atoms with van der Waals surface area (Å²) >= 11 is 0. The number of hydrogen-bond acceptors (Lipinski definition) is 1. The summed E-state index contributed by atoms with van der Waals surface area (Å²) in [5.74, 6) is 1.38. The van der Waals surface area contributed by atoms with Gasteiger partial charge in [0.2, 0.25) is 0 Å². The smallest absolute Gasteiger partial charge is 0.0497 e. The molecule has 0 aliphatic carbocycles. The predicted molar refractivity (Wildman–Crippen MR) is 89.7 cm³/mol. The van der Waals surface area contributed by atoms with Crippen molar-refractivity contribution in [2.24, 2.45) is 5.92 Å². The van der Waals surface area contributed by atoms with Crippen molar-refractivity contribution in [2.45, 2.75) is 39.0 Å². The monoisotopic (exact) mass is 282 g/mol. The van der Waals surface area contributed by atoms with Crippen molar-refractivity contribution >= 4 is 0 Å². The van der Waals surface area contributed by atoms with E-state index in [1.165, 1.54) is 16.7 Å². The van der Waals surface area contributed by atoms with E-state index >= 15 is 0 Å². The summed E-state index contributed by atoms with van der Waals surface area (Å²) < 4.78 is 0. The first-order chi connectivity index (χ1) is 10.1. The summed E-state index contributed by atoms with van der Waals surface area (Å²) in [5, 5.41) is 9.22. The molecule has 0 fully saturated rings. The van der Waals surface area contributed by atoms with Crippen LogP contribution in [0.25, 0.3) is 0 Å². The number of hydrogen-bond donors (Lipinski definition) is 1. The van der Waals surface area contributed by atoms with Crippen LogP contribution in [-0.2, 0) is 6.42 Å². The Morgan fingerprint density at radius 1 is 0.810 bits per heavy atom. The van der Waals surface area contributed by atoms with Gasteiger partial charge in [-0.25, -0.2) is 0 Å². The Bertz CT molecular complexity index is 528. The van der Waals surface area contributed by atoms with Crippen LogP contribution in [0.2, 0.25) is 0 Å². The zero-order valence-electron chi connectivity index (χ0n) is 13.3. The number of aliphatic hydroxyl groups is 1. The van der Waals surface area contributed by atoms with E-state index in [4.69, 9.17) is 0 Å². The van der Waals surface area contributed by atoms with E-state index in [1.807, 2.05) is 0 Å². The normalized spacial score (nSPS) is 14.1. The summed E-state index contributed by atoms with van der Waals surface area (Å²) in [6.07, 6.45) is 1.06. The van der Waals surface area contributed by atoms with Crippen LogP contribution < -0.4 is 0 Å². The molecule has 0 aliphatic rings. The molecule has 0 heterocycles. The van der Waals surface area contributed by atoms with Gasteiger partial charge in [-0.05, 0) is 34.9 Å². The quantitative estimate of drug-likeness (QED) is 0.809. The molecule has 2 aromatic rings. The van der Waals surface area contributed by atoms with Crippen LogP contribution in [0.4, 0.5) is 0 Å². The maximum Gasteiger partial charge on any atom is 0.0497 e. The van der Waals surface area contributed by atoms with Crippen molar-refractivity contribution in [3.05, 3.63) is 71.3 Å². The van der Waals surface area contributed by atoms with E-state index in [2.05, 4.69) is 75.4 Å². The van der Waals surface area contributed by atoms with Crippen LogP contribution in [0.15, 0.2) is 54.6 Å². The van der Waals surface area contributed by atoms with E-state index in [0.717, 1.165) is 6.42 Å². The van der Waals surface area contributed by atoms with Crippen molar-refractivity contribution < 1.29 is 5.11 Å². The molecular weight excluding hydrogens is 256 g/mol. The van der Waals surface area contributed by atoms with E-state index in [1.54, 1.807) is 0 Å². The highest BCUT2D eigenvalue weighted by atomic mass is 16.3. The topological polar surface area (TPSA) is 20.2 Å². The minimum atomic E-state index is 0.206. The molecule has 0 amide bonds. The third-order valence-electron chi connectivity index (χ3n) is 4.31. The molecule has 0 saturated carbocycles. The first-order valence-corrected chi connectivity index (χ1v) is 7.86. The lowest BCUT2D eigenvalue weighted by molar-refractivity contribution is 0.273. The van der Waals surface area contributed by atoms with Crippen LogP contribution >= 0.6 is 0 Å². The van der Waals surface area contributed by atoms with Crippen LogP contribution in [0.3, 0.4) is 0 Å². The van der Waals surface area contributed by atoms with Crippen LogP contribution in [0, 0.1) is 5.92 Å². The summed E-state index contributed by atoms with van der Waals surface area (Å²) in [5.41, 5.74) is 3.99. The summed E-state index contributed by atoms with van der Waals surface area (Å²) in [7, 11) is 0. The molecule has 2 rings (SSSR count). The average Bonchev–Trinajstić information content (AvgIpc) is 2.53. The lowest BCUT2D eigenvalue weighted by Crippen LogP contribution is -2.10. The van der Waals surface area contributed by atoms with Gasteiger partial charge in [-0.2, -0.15) is 0 Å². The molecule has 2 atom stereocenters. The van der Waals surface area contributed by atoms with Crippen molar-refractivity contribution in [1.82, 2.24) is 0 Å². The molecule has 0 bridgehead atoms. The second-order valence-corrected chi connectivity index (χ2v) is 6.29. The fraction of sp³-hybridized carbons (Fsp3) is 0.400. The largest absolute Gasteiger partial charge is 0.396 e. The number of rotatable bonds is 6. The van der Waals surface area contributed by atoms with Crippen molar-refractivity contribution in [1.29, 1.82) is 0 Å². The summed E-state index contributed by atoms with van der Waals surface area (Å²) in [6.45, 7) is 6.84. The SMILES string of the molecule is CC(CO)c1ccc(CC(c2ccccc2)C(C)C)cc1. The molecule has 112 valence electrons. The van der Waals surface area contributed by atoms with E-state index < -0.39 is 0 Å². The lowest BCUT2D eigenvalue weighted by atomic mass is 9.83. The van der Waals surface area contributed by atoms with Gasteiger partial charge in [-0.3, -0.25) is 0 Å². The fourth-order valence-electron chi connectivity index (χ4n) is 2.78. The molecule has 0 saturated heterocycles. The van der Waals surface area contributed by atoms with Crippen molar-refractivity contribution in [3.8, 4) is 0 Å². The van der Waals surface area contributed by atoms with Crippen LogP contribution in [0.5, 0.6) is 0 Å². The second kappa shape index (κ2) is 7.42. The molecule has 0 radical (unpaired) electrons. The lowest BCUT2D eigenvalue weighted by Gasteiger charge is -2.22. The van der Waals surface area contributed by atoms with Gasteiger partial charge in [-0.15, -0.1) is 0 Å². The Labute approximate surface area is 128 Å². The standard InChI is InChI=1S/C20H26O/c1-15(2)20(19-7-5-4-6-8-19)13-17-9-11-18(12-10-17)16(3)14-21/h4-12,15-16,20-21H,13-14H2,1-3H3. The Morgan fingerprint density at radius 2 is 1.43 bits per heavy atom. The minimum absolute atomic E-state index is 0.206. The molecule has 2 unspecified atom stereocenters. The van der Waals surface area contributed by atoms with E-state index in [9.17, 15) is 5.11 Å². The first kappa shape index (κ1) is 15.8. The van der Waals surface area contributed by atoms with Gasteiger partial charge in [0, 0.05) is 12.5 Å². The van der Waals surface area contributed by atoms with E-state index in [0.29, 0.717) is 11.8 Å². The average molecular weight is 282 g/mol. The predicted octanol–water partition coefficient (Wildman–Crippen LogP) is 4.76. The van der Waals surface area contributed by atoms with Gasteiger partial charge in [0.1, 0.15) is 0 Å². The maximum absolute atomic E-state index is 9.22. The molecule has 0 spiro atoms. The fourth-order valence-corrected chi connectivity index (χ4v) is 2.78. The van der Waals surface area contributed by atoms with Crippen molar-refractivity contribution in [3.63, 3.8) is 0 Å². The highest BCUT2D eigenvalue weighted by Gasteiger charge is 2.16. The van der Waals surface area contributed by atoms with Gasteiger partial charge in [0.25, 0.3) is 0 Å². The third-order valence-corrected chi connectivity index (χ3v) is 4.31. The molecule has 21 heavy (non-hydrogen) atoms. The van der Waals surface area contributed by atoms with Crippen LogP contribution in [-0.4, -0.2) is 11.7 Å². The molecule has 1 nitrogen and oxygen atoms in total. The number of aliphatic hydroxyl groups excluding tert-OH is 1.